The van der Waals surface area contributed by atoms with Crippen molar-refractivity contribution in [2.24, 2.45) is 0 Å². The maximum atomic E-state index is 11.4. The molecule has 0 rings (SSSR count). The van der Waals surface area contributed by atoms with Crippen LogP contribution in [0.4, 0.5) is 0 Å². The highest BCUT2D eigenvalue weighted by atomic mass is 16.6. The van der Waals surface area contributed by atoms with Gasteiger partial charge in [-0.25, -0.2) is 0 Å². The first-order valence-electron chi connectivity index (χ1n) is 8.71. The first-order valence-corrected chi connectivity index (χ1v) is 8.71. The molecule has 0 aliphatic rings. The van der Waals surface area contributed by atoms with Crippen molar-refractivity contribution in [1.82, 2.24) is 0 Å². The minimum absolute atomic E-state index is 0.144. The third-order valence-electron chi connectivity index (χ3n) is 3.03. The average molecular weight is 344 g/mol. The summed E-state index contributed by atoms with van der Waals surface area (Å²) in [6.07, 6.45) is 9.86. The molecule has 0 saturated heterocycles. The van der Waals surface area contributed by atoms with Gasteiger partial charge in [0.1, 0.15) is 13.2 Å². The minimum atomic E-state index is -0.144. The van der Waals surface area contributed by atoms with Gasteiger partial charge in [-0.15, -0.1) is 6.42 Å². The van der Waals surface area contributed by atoms with Crippen molar-refractivity contribution in [3.8, 4) is 12.3 Å². The topological polar surface area (TPSA) is 63.2 Å². The summed E-state index contributed by atoms with van der Waals surface area (Å²) >= 11 is 0. The first kappa shape index (κ1) is 22.9. The van der Waals surface area contributed by atoms with Gasteiger partial charge in [0.2, 0.25) is 0 Å². The van der Waals surface area contributed by atoms with Crippen LogP contribution in [0.5, 0.6) is 0 Å². The number of carbonyl (C=O) groups excluding carboxylic acids is 1. The third-order valence-corrected chi connectivity index (χ3v) is 3.03. The van der Waals surface area contributed by atoms with E-state index in [1.165, 1.54) is 6.42 Å². The lowest BCUT2D eigenvalue weighted by molar-refractivity contribution is -0.145. The Labute approximate surface area is 146 Å². The molecule has 0 fully saturated rings. The van der Waals surface area contributed by atoms with Gasteiger partial charge >= 0.3 is 5.97 Å². The van der Waals surface area contributed by atoms with Crippen molar-refractivity contribution in [3.63, 3.8) is 0 Å². The molecule has 0 unspecified atom stereocenters. The summed E-state index contributed by atoms with van der Waals surface area (Å²) in [5.41, 5.74) is 0. The first-order chi connectivity index (χ1) is 11.8. The van der Waals surface area contributed by atoms with E-state index in [4.69, 9.17) is 30.1 Å². The highest BCUT2D eigenvalue weighted by molar-refractivity contribution is 5.69. The summed E-state index contributed by atoms with van der Waals surface area (Å²) < 4.78 is 26.1. The molecule has 140 valence electrons. The van der Waals surface area contributed by atoms with Gasteiger partial charge in [-0.2, -0.15) is 0 Å². The summed E-state index contributed by atoms with van der Waals surface area (Å²) in [6, 6.07) is 0. The molecule has 24 heavy (non-hydrogen) atoms. The van der Waals surface area contributed by atoms with Gasteiger partial charge in [-0.3, -0.25) is 4.79 Å². The molecule has 0 N–H and O–H groups in total. The zero-order valence-electron chi connectivity index (χ0n) is 14.9. The van der Waals surface area contributed by atoms with Gasteiger partial charge in [0.25, 0.3) is 0 Å². The minimum Gasteiger partial charge on any atom is -0.463 e. The molecule has 6 nitrogen and oxygen atoms in total. The molecule has 6 heteroatoms. The number of unbranched alkanes of at least 4 members (excludes halogenated alkanes) is 3. The van der Waals surface area contributed by atoms with Gasteiger partial charge < -0.3 is 23.7 Å². The standard InChI is InChI=1S/C18H32O6/c1-3-5-6-7-8-18(19)24-17-16-23-15-14-22-13-12-21-11-10-20-9-4-2/h2H,3,5-17H2,1H3. The Morgan fingerprint density at radius 2 is 1.33 bits per heavy atom. The summed E-state index contributed by atoms with van der Waals surface area (Å²) in [6.45, 7) is 6.12. The fraction of sp³-hybridized carbons (Fsp3) is 0.833. The molecule has 0 aromatic carbocycles. The molecule has 0 radical (unpaired) electrons. The number of hydrogen-bond donors (Lipinski definition) is 0. The van der Waals surface area contributed by atoms with E-state index in [1.54, 1.807) is 0 Å². The summed E-state index contributed by atoms with van der Waals surface area (Å²) in [5.74, 6) is 2.24. The molecular formula is C18H32O6. The molecular weight excluding hydrogens is 312 g/mol. The van der Waals surface area contributed by atoms with Crippen LogP contribution in [0.2, 0.25) is 0 Å². The predicted octanol–water partition coefficient (Wildman–Crippen LogP) is 2.20. The molecule has 0 aromatic rings. The van der Waals surface area contributed by atoms with Crippen LogP contribution >= 0.6 is 0 Å². The van der Waals surface area contributed by atoms with Gasteiger partial charge in [-0.05, 0) is 6.42 Å². The molecule has 0 bridgehead atoms. The van der Waals surface area contributed by atoms with Crippen LogP contribution in [-0.4, -0.2) is 65.4 Å². The SMILES string of the molecule is C#CCOCCOCCOCCOCCOC(=O)CCCCCC. The summed E-state index contributed by atoms with van der Waals surface area (Å²) in [4.78, 5) is 11.4. The Balaban J connectivity index is 3.09. The van der Waals surface area contributed by atoms with Gasteiger partial charge in [0.15, 0.2) is 0 Å². The lowest BCUT2D eigenvalue weighted by Crippen LogP contribution is -2.14. The quantitative estimate of drug-likeness (QED) is 0.216. The molecule has 0 heterocycles. The number of ether oxygens (including phenoxy) is 5. The Kier molecular flexibility index (Phi) is 19.0. The zero-order chi connectivity index (χ0) is 17.7. The highest BCUT2D eigenvalue weighted by Crippen LogP contribution is 2.03. The van der Waals surface area contributed by atoms with Crippen LogP contribution in [0.3, 0.4) is 0 Å². The van der Waals surface area contributed by atoms with Crippen molar-refractivity contribution >= 4 is 5.97 Å². The van der Waals surface area contributed by atoms with Crippen LogP contribution in [0.1, 0.15) is 39.0 Å². The van der Waals surface area contributed by atoms with E-state index in [0.717, 1.165) is 19.3 Å². The smallest absolute Gasteiger partial charge is 0.305 e. The summed E-state index contributed by atoms with van der Waals surface area (Å²) in [7, 11) is 0. The molecule has 0 spiro atoms. The maximum absolute atomic E-state index is 11.4. The average Bonchev–Trinajstić information content (AvgIpc) is 2.59. The number of carbonyl (C=O) groups is 1. The fourth-order valence-corrected chi connectivity index (χ4v) is 1.77. The predicted molar refractivity (Wildman–Crippen MR) is 91.8 cm³/mol. The number of terminal acetylenes is 1. The van der Waals surface area contributed by atoms with Crippen molar-refractivity contribution < 1.29 is 28.5 Å². The van der Waals surface area contributed by atoms with Gasteiger partial charge in [-0.1, -0.05) is 32.1 Å². The van der Waals surface area contributed by atoms with E-state index in [2.05, 4.69) is 12.8 Å². The molecule has 0 aliphatic carbocycles. The van der Waals surface area contributed by atoms with Crippen molar-refractivity contribution in [3.05, 3.63) is 0 Å². The van der Waals surface area contributed by atoms with Crippen LogP contribution in [0, 0.1) is 12.3 Å². The number of hydrogen-bond acceptors (Lipinski definition) is 6. The van der Waals surface area contributed by atoms with Gasteiger partial charge in [0.05, 0.1) is 46.2 Å². The lowest BCUT2D eigenvalue weighted by atomic mass is 10.2. The largest absolute Gasteiger partial charge is 0.463 e. The van der Waals surface area contributed by atoms with E-state index >= 15 is 0 Å². The maximum Gasteiger partial charge on any atom is 0.305 e. The Hall–Kier alpha value is -1.13. The van der Waals surface area contributed by atoms with Crippen LogP contribution in [-0.2, 0) is 28.5 Å². The van der Waals surface area contributed by atoms with Gasteiger partial charge in [0, 0.05) is 6.42 Å². The van der Waals surface area contributed by atoms with Crippen molar-refractivity contribution in [2.45, 2.75) is 39.0 Å². The van der Waals surface area contributed by atoms with Crippen LogP contribution in [0.25, 0.3) is 0 Å². The monoisotopic (exact) mass is 344 g/mol. The Morgan fingerprint density at radius 3 is 1.88 bits per heavy atom. The molecule has 0 amide bonds. The third kappa shape index (κ3) is 18.9. The van der Waals surface area contributed by atoms with E-state index in [0.29, 0.717) is 65.9 Å². The lowest BCUT2D eigenvalue weighted by Gasteiger charge is -2.07. The second kappa shape index (κ2) is 19.9. The second-order valence-electron chi connectivity index (χ2n) is 5.12. The Morgan fingerprint density at radius 1 is 0.792 bits per heavy atom. The summed E-state index contributed by atoms with van der Waals surface area (Å²) in [5, 5.41) is 0. The zero-order valence-corrected chi connectivity index (χ0v) is 14.9. The van der Waals surface area contributed by atoms with Crippen molar-refractivity contribution in [1.29, 1.82) is 0 Å². The number of rotatable bonds is 18. The number of esters is 1. The van der Waals surface area contributed by atoms with E-state index in [9.17, 15) is 4.79 Å². The van der Waals surface area contributed by atoms with E-state index in [-0.39, 0.29) is 5.97 Å². The molecule has 0 aliphatic heterocycles. The van der Waals surface area contributed by atoms with E-state index in [1.807, 2.05) is 0 Å². The second-order valence-corrected chi connectivity index (χ2v) is 5.12. The van der Waals surface area contributed by atoms with E-state index < -0.39 is 0 Å². The molecule has 0 aromatic heterocycles. The Bertz CT molecular complexity index is 313. The molecule has 0 saturated carbocycles. The van der Waals surface area contributed by atoms with Crippen molar-refractivity contribution in [2.75, 3.05) is 59.5 Å². The van der Waals surface area contributed by atoms with Crippen LogP contribution < -0.4 is 0 Å². The normalized spacial score (nSPS) is 10.5. The van der Waals surface area contributed by atoms with Crippen LogP contribution in [0.15, 0.2) is 0 Å². The highest BCUT2D eigenvalue weighted by Gasteiger charge is 2.02. The fourth-order valence-electron chi connectivity index (χ4n) is 1.77. The molecule has 0 atom stereocenters.